The van der Waals surface area contributed by atoms with E-state index in [1.54, 1.807) is 12.3 Å². The standard InChI is InChI=1S/C31H32ClFN10O5S2/c1-48-38-23(22-26(32)50-31(34)37-22)27(44)36-24-28(45)43-25(30(46)47)19(16-49-29(24)43)15-41-9-6-21-39(10-11-42(21)41)14-18-5-4-17(12-20(18)33)13-35-40-7-2-3-8-40/h4-6,9,12-13,24,29H,2-3,7-8,10-11,14-16H2,1H3,(H3-,34,36,37,44,46,47)/b35-13?,38-23-/t24-,29-/m1/s1. The van der Waals surface area contributed by atoms with Gasteiger partial charge in [0.15, 0.2) is 29.4 Å². The number of amides is 2. The molecule has 0 saturated carbocycles. The first-order valence-corrected chi connectivity index (χ1v) is 18.0. The Labute approximate surface area is 298 Å². The second kappa shape index (κ2) is 13.9. The molecular weight excluding hydrogens is 711 g/mol. The molecular formula is C31H32ClFN10O5S2. The summed E-state index contributed by atoms with van der Waals surface area (Å²) in [6.45, 7) is 3.62. The van der Waals surface area contributed by atoms with Crippen molar-refractivity contribution in [2.24, 2.45) is 10.3 Å². The highest BCUT2D eigenvalue weighted by atomic mass is 35.5. The quantitative estimate of drug-likeness (QED) is 0.122. The van der Waals surface area contributed by atoms with Crippen LogP contribution in [0.15, 0.2) is 52.0 Å². The van der Waals surface area contributed by atoms with Gasteiger partial charge in [-0.1, -0.05) is 40.2 Å². The van der Waals surface area contributed by atoms with Gasteiger partial charge in [0.1, 0.15) is 34.4 Å². The summed E-state index contributed by atoms with van der Waals surface area (Å²) in [6, 6.07) is 6.01. The number of thiazole rings is 1. The Bertz CT molecular complexity index is 1960. The number of thioether (sulfide) groups is 1. The van der Waals surface area contributed by atoms with Crippen molar-refractivity contribution in [1.82, 2.24) is 24.9 Å². The minimum Gasteiger partial charge on any atom is -0.543 e. The molecule has 0 spiro atoms. The van der Waals surface area contributed by atoms with E-state index in [9.17, 15) is 19.5 Å². The maximum atomic E-state index is 15.1. The summed E-state index contributed by atoms with van der Waals surface area (Å²) in [4.78, 5) is 50.9. The van der Waals surface area contributed by atoms with Crippen molar-refractivity contribution in [3.63, 3.8) is 0 Å². The fourth-order valence-electron chi connectivity index (χ4n) is 6.48. The minimum absolute atomic E-state index is 0.00247. The Kier molecular flexibility index (Phi) is 9.40. The number of oxime groups is 1. The summed E-state index contributed by atoms with van der Waals surface area (Å²) in [5.74, 6) is -2.06. The maximum Gasteiger partial charge on any atom is 0.276 e. The summed E-state index contributed by atoms with van der Waals surface area (Å²) < 4.78 is 19.1. The number of hydrogen-bond acceptors (Lipinski definition) is 13. The zero-order valence-corrected chi connectivity index (χ0v) is 29.1. The molecule has 0 unspecified atom stereocenters. The van der Waals surface area contributed by atoms with Gasteiger partial charge in [-0.15, -0.1) is 21.1 Å². The van der Waals surface area contributed by atoms with Gasteiger partial charge in [0.05, 0.1) is 30.5 Å². The van der Waals surface area contributed by atoms with E-state index in [0.29, 0.717) is 36.3 Å². The number of hydrazone groups is 1. The Morgan fingerprint density at radius 1 is 1.26 bits per heavy atom. The topological polar surface area (TPSA) is 178 Å². The first kappa shape index (κ1) is 33.8. The molecule has 6 heterocycles. The number of nitrogens with two attached hydrogens (primary N) is 1. The molecule has 2 aromatic heterocycles. The predicted octanol–water partition coefficient (Wildman–Crippen LogP) is 0.511. The van der Waals surface area contributed by atoms with Crippen LogP contribution < -0.4 is 25.7 Å². The third-order valence-corrected chi connectivity index (χ3v) is 11.3. The van der Waals surface area contributed by atoms with Crippen LogP contribution in [0.1, 0.15) is 29.7 Å². The van der Waals surface area contributed by atoms with Crippen LogP contribution in [0.5, 0.6) is 0 Å². The van der Waals surface area contributed by atoms with Crippen molar-refractivity contribution < 1.29 is 33.4 Å². The van der Waals surface area contributed by atoms with E-state index in [1.807, 2.05) is 32.7 Å². The molecule has 0 aliphatic carbocycles. The van der Waals surface area contributed by atoms with Gasteiger partial charge in [-0.25, -0.2) is 9.37 Å². The monoisotopic (exact) mass is 742 g/mol. The van der Waals surface area contributed by atoms with Gasteiger partial charge in [0, 0.05) is 43.1 Å². The number of halogens is 2. The number of β-lactam (4-membered cyclic amide) rings is 1. The molecule has 2 amide bonds. The minimum atomic E-state index is -1.49. The molecule has 3 aromatic rings. The van der Waals surface area contributed by atoms with Crippen LogP contribution in [-0.2, 0) is 38.9 Å². The number of fused-ring (bicyclic) bond motifs is 2. The zero-order chi connectivity index (χ0) is 35.1. The maximum absolute atomic E-state index is 15.1. The lowest BCUT2D eigenvalue weighted by Gasteiger charge is -2.50. The Balaban J connectivity index is 1.03. The van der Waals surface area contributed by atoms with Crippen LogP contribution in [0.4, 0.5) is 15.3 Å². The number of anilines is 2. The molecule has 2 fully saturated rings. The average molecular weight is 743 g/mol. The summed E-state index contributed by atoms with van der Waals surface area (Å²) in [5, 5.41) is 24.6. The Morgan fingerprint density at radius 3 is 2.76 bits per heavy atom. The number of nitrogens with zero attached hydrogens (tertiary/aromatic N) is 8. The van der Waals surface area contributed by atoms with E-state index < -0.39 is 29.2 Å². The number of rotatable bonds is 11. The summed E-state index contributed by atoms with van der Waals surface area (Å²) in [5.41, 5.74) is 6.96. The van der Waals surface area contributed by atoms with Crippen LogP contribution in [-0.4, -0.2) is 93.2 Å². The van der Waals surface area contributed by atoms with Crippen LogP contribution in [0.25, 0.3) is 0 Å². The Hall–Kier alpha value is -4.68. The molecule has 4 aliphatic heterocycles. The number of carbonyl (C=O) groups is 3. The predicted molar refractivity (Wildman–Crippen MR) is 183 cm³/mol. The fourth-order valence-corrected chi connectivity index (χ4v) is 8.74. The number of nitrogen functional groups attached to an aromatic ring is 1. The SMILES string of the molecule is CO/N=C(\C(=O)N[C@@H]1C(=O)N2C(C(=O)[O-])=C(C[n+]3ccc4n3CCN4Cc3ccc(C=NN4CCCC4)cc3F)CS[C@H]12)c1nc(N)sc1Cl. The lowest BCUT2D eigenvalue weighted by atomic mass is 10.0. The van der Waals surface area contributed by atoms with E-state index in [4.69, 9.17) is 22.2 Å². The third kappa shape index (κ3) is 6.37. The largest absolute Gasteiger partial charge is 0.543 e. The average Bonchev–Trinajstić information content (AvgIpc) is 3.90. The number of benzene rings is 1. The van der Waals surface area contributed by atoms with Gasteiger partial charge < -0.3 is 30.7 Å². The molecule has 1 aromatic carbocycles. The lowest BCUT2D eigenvalue weighted by molar-refractivity contribution is -0.766. The van der Waals surface area contributed by atoms with Crippen LogP contribution in [0.3, 0.4) is 0 Å². The Morgan fingerprint density at radius 2 is 2.06 bits per heavy atom. The van der Waals surface area contributed by atoms with E-state index in [2.05, 4.69) is 25.5 Å². The number of nitrogens with one attached hydrogen (secondary N) is 1. The van der Waals surface area contributed by atoms with Crippen molar-refractivity contribution in [3.05, 3.63) is 68.7 Å². The molecule has 2 atom stereocenters. The summed E-state index contributed by atoms with van der Waals surface area (Å²) >= 11 is 8.43. The summed E-state index contributed by atoms with van der Waals surface area (Å²) in [7, 11) is 1.24. The van der Waals surface area contributed by atoms with Crippen molar-refractivity contribution >= 4 is 75.4 Å². The van der Waals surface area contributed by atoms with Crippen LogP contribution >= 0.6 is 34.7 Å². The first-order valence-electron chi connectivity index (χ1n) is 15.8. The van der Waals surface area contributed by atoms with Gasteiger partial charge in [0.25, 0.3) is 11.8 Å². The van der Waals surface area contributed by atoms with Gasteiger partial charge >= 0.3 is 0 Å². The van der Waals surface area contributed by atoms with E-state index in [-0.39, 0.29) is 44.7 Å². The number of aromatic nitrogens is 3. The fraction of sp³-hybridized carbons (Fsp3) is 0.387. The summed E-state index contributed by atoms with van der Waals surface area (Å²) in [6.07, 6.45) is 5.76. The van der Waals surface area contributed by atoms with Gasteiger partial charge in [0.2, 0.25) is 0 Å². The smallest absolute Gasteiger partial charge is 0.276 e. The van der Waals surface area contributed by atoms with Gasteiger partial charge in [-0.3, -0.25) is 19.5 Å². The van der Waals surface area contributed by atoms with Crippen LogP contribution in [0, 0.1) is 5.82 Å². The van der Waals surface area contributed by atoms with Crippen molar-refractivity contribution in [3.8, 4) is 0 Å². The molecule has 15 nitrogen and oxygen atoms in total. The number of carbonyl (C=O) groups excluding carboxylic acids is 3. The molecule has 0 radical (unpaired) electrons. The number of hydrogen-bond donors (Lipinski definition) is 2. The van der Waals surface area contributed by atoms with Crippen molar-refractivity contribution in [2.45, 2.75) is 43.9 Å². The second-order valence-corrected chi connectivity index (χ2v) is 14.7. The zero-order valence-electron chi connectivity index (χ0n) is 26.8. The van der Waals surface area contributed by atoms with E-state index >= 15 is 4.39 Å². The van der Waals surface area contributed by atoms with E-state index in [1.165, 1.54) is 24.9 Å². The molecule has 4 aliphatic rings. The normalized spacial score (nSPS) is 20.4. The lowest BCUT2D eigenvalue weighted by Crippen LogP contribution is -2.71. The number of carboxylic acid groups (broad SMARTS) is 1. The molecule has 262 valence electrons. The first-order chi connectivity index (χ1) is 24.1. The van der Waals surface area contributed by atoms with Crippen LogP contribution in [0.2, 0.25) is 4.34 Å². The van der Waals surface area contributed by atoms with E-state index in [0.717, 1.165) is 48.0 Å². The molecule has 0 bridgehead atoms. The third-order valence-electron chi connectivity index (χ3n) is 8.87. The molecule has 3 N–H and O–H groups in total. The van der Waals surface area contributed by atoms with Crippen molar-refractivity contribution in [1.29, 1.82) is 0 Å². The molecule has 7 rings (SSSR count). The second-order valence-electron chi connectivity index (χ2n) is 12.0. The number of aliphatic carboxylic acids is 1. The molecule has 50 heavy (non-hydrogen) atoms. The number of carboxylic acids is 1. The molecule has 19 heteroatoms. The van der Waals surface area contributed by atoms with Gasteiger partial charge in [-0.05, 0) is 24.5 Å². The highest BCUT2D eigenvalue weighted by Gasteiger charge is 2.53. The highest BCUT2D eigenvalue weighted by molar-refractivity contribution is 8.00. The van der Waals surface area contributed by atoms with Gasteiger partial charge in [-0.2, -0.15) is 5.10 Å². The van der Waals surface area contributed by atoms with Crippen molar-refractivity contribution in [2.75, 3.05) is 43.1 Å². The molecule has 2 saturated heterocycles. The highest BCUT2D eigenvalue weighted by Crippen LogP contribution is 2.40.